The first-order chi connectivity index (χ1) is 13.9. The van der Waals surface area contributed by atoms with E-state index in [4.69, 9.17) is 13.9 Å². The molecule has 0 spiro atoms. The largest absolute Gasteiger partial charge is 0.493 e. The molecule has 7 heteroatoms. The van der Waals surface area contributed by atoms with Crippen LogP contribution < -0.4 is 14.8 Å². The minimum absolute atomic E-state index is 0.131. The van der Waals surface area contributed by atoms with Gasteiger partial charge in [-0.25, -0.2) is 0 Å². The van der Waals surface area contributed by atoms with Crippen LogP contribution >= 0.6 is 0 Å². The van der Waals surface area contributed by atoms with Gasteiger partial charge in [0.15, 0.2) is 11.5 Å². The molecule has 0 aliphatic carbocycles. The van der Waals surface area contributed by atoms with Crippen LogP contribution in [0.3, 0.4) is 0 Å². The number of nitrogens with zero attached hydrogens (tertiary/aromatic N) is 1. The van der Waals surface area contributed by atoms with Gasteiger partial charge in [0.1, 0.15) is 11.3 Å². The third kappa shape index (κ3) is 4.34. The standard InChI is InChI=1S/C22H24N2O5/c1-14(19-11-15-7-5-6-8-17(15)29-19)24(2)21(25)13-23-22(26)16-9-10-18(27-3)20(12-16)28-4/h5-12,14H,13H2,1-4H3,(H,23,26). The minimum Gasteiger partial charge on any atom is -0.493 e. The van der Waals surface area contributed by atoms with E-state index in [0.717, 1.165) is 11.0 Å². The fourth-order valence-electron chi connectivity index (χ4n) is 2.98. The number of fused-ring (bicyclic) bond motifs is 1. The molecular weight excluding hydrogens is 372 g/mol. The minimum atomic E-state index is -0.371. The van der Waals surface area contributed by atoms with Crippen molar-refractivity contribution in [2.75, 3.05) is 27.8 Å². The molecule has 3 aromatic rings. The van der Waals surface area contributed by atoms with Crippen molar-refractivity contribution in [3.05, 3.63) is 59.9 Å². The zero-order valence-corrected chi connectivity index (χ0v) is 16.9. The summed E-state index contributed by atoms with van der Waals surface area (Å²) in [5.74, 6) is 1.06. The van der Waals surface area contributed by atoms with E-state index in [2.05, 4.69) is 5.32 Å². The van der Waals surface area contributed by atoms with Crippen LogP contribution in [0.4, 0.5) is 0 Å². The molecule has 7 nitrogen and oxygen atoms in total. The number of furan rings is 1. The van der Waals surface area contributed by atoms with Gasteiger partial charge in [0, 0.05) is 18.0 Å². The Morgan fingerprint density at radius 1 is 1.07 bits per heavy atom. The molecule has 0 bridgehead atoms. The number of hydrogen-bond acceptors (Lipinski definition) is 5. The Balaban J connectivity index is 1.62. The summed E-state index contributed by atoms with van der Waals surface area (Å²) in [4.78, 5) is 26.5. The van der Waals surface area contributed by atoms with Crippen LogP contribution in [0.15, 0.2) is 52.9 Å². The molecule has 0 saturated heterocycles. The van der Waals surface area contributed by atoms with Gasteiger partial charge in [-0.05, 0) is 37.3 Å². The summed E-state index contributed by atoms with van der Waals surface area (Å²) >= 11 is 0. The number of hydrogen-bond donors (Lipinski definition) is 1. The number of para-hydroxylation sites is 1. The summed E-state index contributed by atoms with van der Waals surface area (Å²) in [5, 5.41) is 3.63. The summed E-state index contributed by atoms with van der Waals surface area (Å²) < 4.78 is 16.2. The van der Waals surface area contributed by atoms with E-state index in [1.165, 1.54) is 14.2 Å². The van der Waals surface area contributed by atoms with Gasteiger partial charge in [0.05, 0.1) is 26.8 Å². The van der Waals surface area contributed by atoms with Crippen LogP contribution in [0.5, 0.6) is 11.5 Å². The lowest BCUT2D eigenvalue weighted by Crippen LogP contribution is -2.39. The number of rotatable bonds is 7. The topological polar surface area (TPSA) is 81.0 Å². The Morgan fingerprint density at radius 3 is 2.48 bits per heavy atom. The average molecular weight is 396 g/mol. The predicted octanol–water partition coefficient (Wildman–Crippen LogP) is 3.40. The van der Waals surface area contributed by atoms with E-state index in [9.17, 15) is 9.59 Å². The third-order valence-electron chi connectivity index (χ3n) is 4.88. The molecule has 152 valence electrons. The van der Waals surface area contributed by atoms with Gasteiger partial charge in [-0.15, -0.1) is 0 Å². The van der Waals surface area contributed by atoms with Crippen molar-refractivity contribution in [2.45, 2.75) is 13.0 Å². The van der Waals surface area contributed by atoms with Crippen LogP contribution in [0.1, 0.15) is 29.1 Å². The SMILES string of the molecule is COc1ccc(C(=O)NCC(=O)N(C)C(C)c2cc3ccccc3o2)cc1OC. The molecule has 0 aliphatic heterocycles. The van der Waals surface area contributed by atoms with Crippen LogP contribution in [-0.2, 0) is 4.79 Å². The maximum absolute atomic E-state index is 12.6. The Morgan fingerprint density at radius 2 is 1.79 bits per heavy atom. The van der Waals surface area contributed by atoms with Gasteiger partial charge < -0.3 is 24.1 Å². The monoisotopic (exact) mass is 396 g/mol. The lowest BCUT2D eigenvalue weighted by atomic mass is 10.2. The Kier molecular flexibility index (Phi) is 6.07. The van der Waals surface area contributed by atoms with Crippen molar-refractivity contribution >= 4 is 22.8 Å². The van der Waals surface area contributed by atoms with Gasteiger partial charge in [-0.1, -0.05) is 18.2 Å². The molecule has 0 aliphatic rings. The molecule has 29 heavy (non-hydrogen) atoms. The smallest absolute Gasteiger partial charge is 0.251 e. The number of benzene rings is 2. The van der Waals surface area contributed by atoms with E-state index in [1.807, 2.05) is 37.3 Å². The fourth-order valence-corrected chi connectivity index (χ4v) is 2.98. The lowest BCUT2D eigenvalue weighted by molar-refractivity contribution is -0.131. The second-order valence-electron chi connectivity index (χ2n) is 6.62. The number of carbonyl (C=O) groups is 2. The van der Waals surface area contributed by atoms with Crippen molar-refractivity contribution < 1.29 is 23.5 Å². The summed E-state index contributed by atoms with van der Waals surface area (Å²) in [7, 11) is 4.70. The van der Waals surface area contributed by atoms with Gasteiger partial charge in [-0.2, -0.15) is 0 Å². The first kappa shape index (κ1) is 20.3. The van der Waals surface area contributed by atoms with Crippen molar-refractivity contribution in [3.8, 4) is 11.5 Å². The maximum atomic E-state index is 12.6. The summed E-state index contributed by atoms with van der Waals surface area (Å²) in [6.07, 6.45) is 0. The number of nitrogens with one attached hydrogen (secondary N) is 1. The van der Waals surface area contributed by atoms with E-state index in [0.29, 0.717) is 22.8 Å². The highest BCUT2D eigenvalue weighted by atomic mass is 16.5. The molecular formula is C22H24N2O5. The molecule has 1 heterocycles. The van der Waals surface area contributed by atoms with Crippen LogP contribution in [0, 0.1) is 0 Å². The first-order valence-corrected chi connectivity index (χ1v) is 9.19. The van der Waals surface area contributed by atoms with E-state index >= 15 is 0 Å². The third-order valence-corrected chi connectivity index (χ3v) is 4.88. The highest BCUT2D eigenvalue weighted by molar-refractivity contribution is 5.97. The molecule has 0 saturated carbocycles. The number of amides is 2. The quantitative estimate of drug-likeness (QED) is 0.662. The van der Waals surface area contributed by atoms with Crippen molar-refractivity contribution in [1.82, 2.24) is 10.2 Å². The van der Waals surface area contributed by atoms with Gasteiger partial charge in [0.2, 0.25) is 5.91 Å². The molecule has 0 fully saturated rings. The van der Waals surface area contributed by atoms with Crippen molar-refractivity contribution in [1.29, 1.82) is 0 Å². The molecule has 0 radical (unpaired) electrons. The zero-order chi connectivity index (χ0) is 21.0. The lowest BCUT2D eigenvalue weighted by Gasteiger charge is -2.23. The molecule has 2 aromatic carbocycles. The molecule has 1 N–H and O–H groups in total. The van der Waals surface area contributed by atoms with Crippen molar-refractivity contribution in [3.63, 3.8) is 0 Å². The molecule has 1 atom stereocenters. The Labute approximate surface area is 169 Å². The fraction of sp³-hybridized carbons (Fsp3) is 0.273. The van der Waals surface area contributed by atoms with Gasteiger partial charge in [-0.3, -0.25) is 9.59 Å². The molecule has 3 rings (SSSR count). The Bertz CT molecular complexity index is 994. The predicted molar refractivity (Wildman–Crippen MR) is 109 cm³/mol. The van der Waals surface area contributed by atoms with Crippen LogP contribution in [-0.4, -0.2) is 44.5 Å². The van der Waals surface area contributed by atoms with E-state index in [1.54, 1.807) is 30.1 Å². The normalized spacial score (nSPS) is 11.7. The summed E-state index contributed by atoms with van der Waals surface area (Å²) in [5.41, 5.74) is 1.15. The molecule has 1 aromatic heterocycles. The summed E-state index contributed by atoms with van der Waals surface area (Å²) in [6, 6.07) is 14.2. The molecule has 2 amide bonds. The maximum Gasteiger partial charge on any atom is 0.251 e. The second kappa shape index (κ2) is 8.68. The number of methoxy groups -OCH3 is 2. The van der Waals surface area contributed by atoms with Gasteiger partial charge >= 0.3 is 0 Å². The first-order valence-electron chi connectivity index (χ1n) is 9.19. The number of likely N-dealkylation sites (N-methyl/N-ethyl adjacent to an activating group) is 1. The van der Waals surface area contributed by atoms with E-state index in [-0.39, 0.29) is 24.4 Å². The van der Waals surface area contributed by atoms with E-state index < -0.39 is 0 Å². The number of ether oxygens (including phenoxy) is 2. The average Bonchev–Trinajstić information content (AvgIpc) is 3.19. The summed E-state index contributed by atoms with van der Waals surface area (Å²) in [6.45, 7) is 1.75. The van der Waals surface area contributed by atoms with Gasteiger partial charge in [0.25, 0.3) is 5.91 Å². The Hall–Kier alpha value is -3.48. The second-order valence-corrected chi connectivity index (χ2v) is 6.62. The number of carbonyl (C=O) groups excluding carboxylic acids is 2. The highest BCUT2D eigenvalue weighted by Gasteiger charge is 2.21. The van der Waals surface area contributed by atoms with Crippen LogP contribution in [0.2, 0.25) is 0 Å². The molecule has 1 unspecified atom stereocenters. The van der Waals surface area contributed by atoms with Crippen LogP contribution in [0.25, 0.3) is 11.0 Å². The highest BCUT2D eigenvalue weighted by Crippen LogP contribution is 2.28. The zero-order valence-electron chi connectivity index (χ0n) is 16.9. The van der Waals surface area contributed by atoms with Crippen molar-refractivity contribution in [2.24, 2.45) is 0 Å².